The van der Waals surface area contributed by atoms with E-state index in [1.54, 1.807) is 24.3 Å². The number of carbonyl (C=O) groups is 1. The summed E-state index contributed by atoms with van der Waals surface area (Å²) in [6.07, 6.45) is -0.860. The monoisotopic (exact) mass is 285 g/mol. The molecule has 0 radical (unpaired) electrons. The fourth-order valence-electron chi connectivity index (χ4n) is 1.59. The van der Waals surface area contributed by atoms with Crippen LogP contribution in [0.25, 0.3) is 0 Å². The van der Waals surface area contributed by atoms with Crippen molar-refractivity contribution < 1.29 is 18.7 Å². The van der Waals surface area contributed by atoms with Gasteiger partial charge in [-0.25, -0.2) is 9.18 Å². The van der Waals surface area contributed by atoms with Gasteiger partial charge in [0.25, 0.3) is 0 Å². The molecule has 0 aliphatic heterocycles. The van der Waals surface area contributed by atoms with Gasteiger partial charge in [0.2, 0.25) is 0 Å². The lowest BCUT2D eigenvalue weighted by Crippen LogP contribution is -2.28. The lowest BCUT2D eigenvalue weighted by atomic mass is 10.2. The van der Waals surface area contributed by atoms with Crippen LogP contribution in [0.1, 0.15) is 12.5 Å². The summed E-state index contributed by atoms with van der Waals surface area (Å²) in [7, 11) is 0. The summed E-state index contributed by atoms with van der Waals surface area (Å²) in [5.74, 6) is -0.557. The van der Waals surface area contributed by atoms with Gasteiger partial charge in [-0.2, -0.15) is 5.26 Å². The Kier molecular flexibility index (Phi) is 4.52. The number of ether oxygens (including phenoxy) is 2. The minimum absolute atomic E-state index is 0.121. The molecule has 2 aromatic rings. The first-order valence-electron chi connectivity index (χ1n) is 6.22. The second kappa shape index (κ2) is 6.53. The third-order valence-corrected chi connectivity index (χ3v) is 2.64. The van der Waals surface area contributed by atoms with E-state index >= 15 is 0 Å². The van der Waals surface area contributed by atoms with E-state index in [2.05, 4.69) is 0 Å². The maximum absolute atomic E-state index is 13.0. The Morgan fingerprint density at radius 1 is 1.19 bits per heavy atom. The van der Waals surface area contributed by atoms with Gasteiger partial charge in [-0.05, 0) is 43.3 Å². The van der Waals surface area contributed by atoms with E-state index in [4.69, 9.17) is 14.7 Å². The molecule has 0 amide bonds. The van der Waals surface area contributed by atoms with Gasteiger partial charge in [0, 0.05) is 6.07 Å². The number of halogens is 1. The number of rotatable bonds is 4. The molecule has 5 heteroatoms. The number of nitriles is 1. The van der Waals surface area contributed by atoms with Crippen molar-refractivity contribution in [2.45, 2.75) is 13.0 Å². The highest BCUT2D eigenvalue weighted by Gasteiger charge is 2.17. The lowest BCUT2D eigenvalue weighted by molar-refractivity contribution is -0.141. The van der Waals surface area contributed by atoms with Crippen LogP contribution in [0.5, 0.6) is 11.5 Å². The van der Waals surface area contributed by atoms with Crippen LogP contribution in [0.15, 0.2) is 48.5 Å². The quantitative estimate of drug-likeness (QED) is 0.640. The number of esters is 1. The smallest absolute Gasteiger partial charge is 0.352 e. The average Bonchev–Trinajstić information content (AvgIpc) is 2.48. The fraction of sp³-hybridized carbons (Fsp3) is 0.125. The Bertz CT molecular complexity index is 677. The molecular weight excluding hydrogens is 273 g/mol. The highest BCUT2D eigenvalue weighted by molar-refractivity contribution is 5.77. The van der Waals surface area contributed by atoms with E-state index in [9.17, 15) is 9.18 Å². The lowest BCUT2D eigenvalue weighted by Gasteiger charge is -2.13. The van der Waals surface area contributed by atoms with E-state index in [-0.39, 0.29) is 5.75 Å². The third kappa shape index (κ3) is 4.05. The first kappa shape index (κ1) is 14.5. The predicted octanol–water partition coefficient (Wildman–Crippen LogP) is 3.07. The number of nitrogens with zero attached hydrogens (tertiary/aromatic N) is 1. The van der Waals surface area contributed by atoms with Crippen molar-refractivity contribution in [3.63, 3.8) is 0 Å². The zero-order valence-electron chi connectivity index (χ0n) is 11.2. The van der Waals surface area contributed by atoms with Crippen LogP contribution in [0, 0.1) is 17.1 Å². The van der Waals surface area contributed by atoms with Crippen LogP contribution in [-0.4, -0.2) is 12.1 Å². The minimum Gasteiger partial charge on any atom is -0.479 e. The molecular formula is C16H12FNO3. The van der Waals surface area contributed by atoms with E-state index in [1.165, 1.54) is 25.1 Å². The summed E-state index contributed by atoms with van der Waals surface area (Å²) >= 11 is 0. The summed E-state index contributed by atoms with van der Waals surface area (Å²) in [6, 6.07) is 13.6. The highest BCUT2D eigenvalue weighted by atomic mass is 19.1. The molecule has 0 fully saturated rings. The van der Waals surface area contributed by atoms with E-state index in [0.717, 1.165) is 6.07 Å². The van der Waals surface area contributed by atoms with Crippen molar-refractivity contribution in [2.75, 3.05) is 0 Å². The van der Waals surface area contributed by atoms with Gasteiger partial charge in [-0.15, -0.1) is 0 Å². The van der Waals surface area contributed by atoms with Crippen molar-refractivity contribution >= 4 is 5.97 Å². The van der Waals surface area contributed by atoms with Gasteiger partial charge in [-0.3, -0.25) is 0 Å². The van der Waals surface area contributed by atoms with Gasteiger partial charge in [0.15, 0.2) is 6.10 Å². The molecule has 0 bridgehead atoms. The fourth-order valence-corrected chi connectivity index (χ4v) is 1.59. The normalized spacial score (nSPS) is 11.3. The van der Waals surface area contributed by atoms with Crippen LogP contribution >= 0.6 is 0 Å². The Labute approximate surface area is 121 Å². The molecule has 0 aromatic heterocycles. The maximum Gasteiger partial charge on any atom is 0.352 e. The number of hydrogen-bond donors (Lipinski definition) is 0. The molecule has 0 spiro atoms. The first-order valence-corrected chi connectivity index (χ1v) is 6.22. The van der Waals surface area contributed by atoms with Crippen LogP contribution < -0.4 is 9.47 Å². The van der Waals surface area contributed by atoms with Crippen LogP contribution in [-0.2, 0) is 4.79 Å². The SMILES string of the molecule is CC(Oc1ccc(C#N)cc1)C(=O)Oc1cccc(F)c1. The zero-order valence-corrected chi connectivity index (χ0v) is 11.2. The molecule has 4 nitrogen and oxygen atoms in total. The van der Waals surface area contributed by atoms with Crippen LogP contribution in [0.3, 0.4) is 0 Å². The van der Waals surface area contributed by atoms with E-state index in [0.29, 0.717) is 11.3 Å². The maximum atomic E-state index is 13.0. The minimum atomic E-state index is -0.860. The summed E-state index contributed by atoms with van der Waals surface area (Å²) in [5, 5.41) is 8.69. The van der Waals surface area contributed by atoms with Gasteiger partial charge in [0.1, 0.15) is 17.3 Å². The summed E-state index contributed by atoms with van der Waals surface area (Å²) in [5.41, 5.74) is 0.498. The van der Waals surface area contributed by atoms with Crippen molar-refractivity contribution in [1.29, 1.82) is 5.26 Å². The van der Waals surface area contributed by atoms with E-state index in [1.807, 2.05) is 6.07 Å². The van der Waals surface area contributed by atoms with Crippen molar-refractivity contribution in [2.24, 2.45) is 0 Å². The third-order valence-electron chi connectivity index (χ3n) is 2.64. The Balaban J connectivity index is 1.97. The Morgan fingerprint density at radius 3 is 2.52 bits per heavy atom. The molecule has 0 aliphatic carbocycles. The molecule has 0 saturated heterocycles. The van der Waals surface area contributed by atoms with Gasteiger partial charge in [-0.1, -0.05) is 6.07 Å². The van der Waals surface area contributed by atoms with E-state index < -0.39 is 17.9 Å². The molecule has 0 N–H and O–H groups in total. The van der Waals surface area contributed by atoms with Crippen molar-refractivity contribution in [3.05, 3.63) is 59.9 Å². The second-order valence-electron chi connectivity index (χ2n) is 4.27. The summed E-state index contributed by atoms with van der Waals surface area (Å²) < 4.78 is 23.4. The van der Waals surface area contributed by atoms with Gasteiger partial charge >= 0.3 is 5.97 Å². The standard InChI is InChI=1S/C16H12FNO3/c1-11(20-14-7-5-12(10-18)6-8-14)16(19)21-15-4-2-3-13(17)9-15/h2-9,11H,1H3. The molecule has 21 heavy (non-hydrogen) atoms. The first-order chi connectivity index (χ1) is 10.1. The summed E-state index contributed by atoms with van der Waals surface area (Å²) in [4.78, 5) is 11.8. The molecule has 106 valence electrons. The molecule has 2 aromatic carbocycles. The molecule has 1 atom stereocenters. The number of carbonyl (C=O) groups excluding carboxylic acids is 1. The second-order valence-corrected chi connectivity index (χ2v) is 4.27. The Hall–Kier alpha value is -2.87. The largest absolute Gasteiger partial charge is 0.479 e. The zero-order chi connectivity index (χ0) is 15.2. The average molecular weight is 285 g/mol. The van der Waals surface area contributed by atoms with Gasteiger partial charge < -0.3 is 9.47 Å². The molecule has 1 unspecified atom stereocenters. The number of hydrogen-bond acceptors (Lipinski definition) is 4. The van der Waals surface area contributed by atoms with Crippen LogP contribution in [0.2, 0.25) is 0 Å². The summed E-state index contributed by atoms with van der Waals surface area (Å²) in [6.45, 7) is 1.53. The molecule has 2 rings (SSSR count). The van der Waals surface area contributed by atoms with Gasteiger partial charge in [0.05, 0.1) is 11.6 Å². The molecule has 0 heterocycles. The predicted molar refractivity (Wildman–Crippen MR) is 73.3 cm³/mol. The molecule has 0 saturated carbocycles. The van der Waals surface area contributed by atoms with Crippen molar-refractivity contribution in [3.8, 4) is 17.6 Å². The van der Waals surface area contributed by atoms with Crippen molar-refractivity contribution in [1.82, 2.24) is 0 Å². The topological polar surface area (TPSA) is 59.3 Å². The Morgan fingerprint density at radius 2 is 1.90 bits per heavy atom. The van der Waals surface area contributed by atoms with Crippen LogP contribution in [0.4, 0.5) is 4.39 Å². The molecule has 0 aliphatic rings. The number of benzene rings is 2. The highest BCUT2D eigenvalue weighted by Crippen LogP contribution is 2.16.